The molecule has 5 atom stereocenters. The molecule has 1 saturated heterocycles. The Morgan fingerprint density at radius 3 is 2.63 bits per heavy atom. The highest BCUT2D eigenvalue weighted by molar-refractivity contribution is 6.00. The van der Waals surface area contributed by atoms with Crippen LogP contribution in [0.15, 0.2) is 47.6 Å². The smallest absolute Gasteiger partial charge is 0.334 e. The molecule has 1 aromatic carbocycles. The molecule has 6 heteroatoms. The second-order valence-electron chi connectivity index (χ2n) is 10.9. The van der Waals surface area contributed by atoms with Crippen LogP contribution in [0.5, 0.6) is 5.75 Å². The third-order valence-electron chi connectivity index (χ3n) is 8.99. The minimum atomic E-state index is -0.609. The highest BCUT2D eigenvalue weighted by Gasteiger charge is 2.64. The van der Waals surface area contributed by atoms with Gasteiger partial charge >= 0.3 is 5.97 Å². The molecular weight excluding hydrogens is 444 g/mol. The summed E-state index contributed by atoms with van der Waals surface area (Å²) >= 11 is 0. The molecule has 4 aliphatic rings. The van der Waals surface area contributed by atoms with Crippen molar-refractivity contribution in [3.63, 3.8) is 0 Å². The fourth-order valence-corrected chi connectivity index (χ4v) is 7.38. The Labute approximate surface area is 206 Å². The number of cyclic esters (lactones) is 1. The molecule has 1 saturated carbocycles. The van der Waals surface area contributed by atoms with Crippen LogP contribution in [0.25, 0.3) is 0 Å². The summed E-state index contributed by atoms with van der Waals surface area (Å²) < 4.78 is 16.7. The van der Waals surface area contributed by atoms with Crippen molar-refractivity contribution in [1.29, 1.82) is 0 Å². The molecule has 1 aromatic rings. The molecule has 6 nitrogen and oxygen atoms in total. The first kappa shape index (κ1) is 24.0. The molecule has 0 N–H and O–H groups in total. The molecule has 0 radical (unpaired) electrons. The highest BCUT2D eigenvalue weighted by Crippen LogP contribution is 2.64. The molecule has 2 fully saturated rings. The standard InChI is InChI=1S/C29H34O6/c1-18-14-23-21(24(30)15-18)16-25(31)26-28(23,2)9-8-22-27(32)35-13-11-29(22,26)10-12-34-17-19-4-6-20(33-3)7-5-19/h4-8,15,21,23,26H,9-14,16-17H2,1-3H3/t21-,23+,26-,28-,29-/m0/s1. The number of carbonyl (C=O) groups excluding carboxylic acids is 3. The van der Waals surface area contributed by atoms with Crippen molar-refractivity contribution < 1.29 is 28.6 Å². The molecule has 1 heterocycles. The minimum Gasteiger partial charge on any atom is -0.497 e. The molecule has 5 rings (SSSR count). The Kier molecular flexibility index (Phi) is 6.20. The molecular formula is C29H34O6. The average molecular weight is 479 g/mol. The summed E-state index contributed by atoms with van der Waals surface area (Å²) in [4.78, 5) is 39.6. The Morgan fingerprint density at radius 1 is 1.11 bits per heavy atom. The van der Waals surface area contributed by atoms with Gasteiger partial charge in [-0.25, -0.2) is 4.79 Å². The molecule has 0 bridgehead atoms. The topological polar surface area (TPSA) is 78.9 Å². The fraction of sp³-hybridized carbons (Fsp3) is 0.552. The maximum atomic E-state index is 13.8. The molecule has 1 aliphatic heterocycles. The maximum Gasteiger partial charge on any atom is 0.334 e. The average Bonchev–Trinajstić information content (AvgIpc) is 2.83. The highest BCUT2D eigenvalue weighted by atomic mass is 16.5. The second kappa shape index (κ2) is 9.05. The van der Waals surface area contributed by atoms with E-state index < -0.39 is 5.41 Å². The van der Waals surface area contributed by atoms with Crippen molar-refractivity contribution in [2.45, 2.75) is 52.6 Å². The summed E-state index contributed by atoms with van der Waals surface area (Å²) in [6, 6.07) is 7.75. The summed E-state index contributed by atoms with van der Waals surface area (Å²) in [6.07, 6.45) is 6.64. The zero-order valence-corrected chi connectivity index (χ0v) is 20.8. The number of esters is 1. The van der Waals surface area contributed by atoms with Gasteiger partial charge in [-0.05, 0) is 67.7 Å². The van der Waals surface area contributed by atoms with Gasteiger partial charge < -0.3 is 14.2 Å². The summed E-state index contributed by atoms with van der Waals surface area (Å²) in [5.74, 6) is 0.237. The van der Waals surface area contributed by atoms with Crippen LogP contribution < -0.4 is 4.74 Å². The molecule has 35 heavy (non-hydrogen) atoms. The van der Waals surface area contributed by atoms with Gasteiger partial charge in [-0.1, -0.05) is 30.7 Å². The van der Waals surface area contributed by atoms with Crippen molar-refractivity contribution in [2.75, 3.05) is 20.3 Å². The summed E-state index contributed by atoms with van der Waals surface area (Å²) in [7, 11) is 1.64. The van der Waals surface area contributed by atoms with Crippen molar-refractivity contribution >= 4 is 17.5 Å². The van der Waals surface area contributed by atoms with Crippen LogP contribution in [-0.4, -0.2) is 37.9 Å². The van der Waals surface area contributed by atoms with Gasteiger partial charge in [-0.3, -0.25) is 9.59 Å². The van der Waals surface area contributed by atoms with Gasteiger partial charge in [-0.2, -0.15) is 0 Å². The van der Waals surface area contributed by atoms with Gasteiger partial charge in [0.2, 0.25) is 0 Å². The van der Waals surface area contributed by atoms with E-state index in [1.54, 1.807) is 13.2 Å². The van der Waals surface area contributed by atoms with Crippen molar-refractivity contribution in [2.24, 2.45) is 28.6 Å². The Morgan fingerprint density at radius 2 is 1.89 bits per heavy atom. The van der Waals surface area contributed by atoms with E-state index in [-0.39, 0.29) is 47.1 Å². The number of fused-ring (bicyclic) bond motifs is 5. The van der Waals surface area contributed by atoms with Gasteiger partial charge in [0.05, 0.1) is 20.3 Å². The van der Waals surface area contributed by atoms with E-state index in [0.29, 0.717) is 44.7 Å². The van der Waals surface area contributed by atoms with Crippen LogP contribution in [0.2, 0.25) is 0 Å². The first-order valence-electron chi connectivity index (χ1n) is 12.6. The molecule has 0 spiro atoms. The van der Waals surface area contributed by atoms with E-state index in [1.807, 2.05) is 37.3 Å². The lowest BCUT2D eigenvalue weighted by molar-refractivity contribution is -0.165. The first-order valence-corrected chi connectivity index (χ1v) is 12.6. The SMILES string of the molecule is COc1ccc(COCC[C@]23CCOC(=O)C2=CC[C@@]2(C)[C@@H]4CC(C)=CC(=O)[C@H]4CC(=O)[C@H]32)cc1. The zero-order chi connectivity index (χ0) is 24.8. The number of hydrogen-bond donors (Lipinski definition) is 0. The van der Waals surface area contributed by atoms with Crippen molar-refractivity contribution in [3.05, 3.63) is 53.1 Å². The number of Topliss-reactive ketones (excluding diaryl/α,β-unsaturated/α-hetero) is 1. The lowest BCUT2D eigenvalue weighted by Gasteiger charge is -2.60. The van der Waals surface area contributed by atoms with Crippen LogP contribution >= 0.6 is 0 Å². The number of allylic oxidation sites excluding steroid dienone is 3. The van der Waals surface area contributed by atoms with E-state index in [4.69, 9.17) is 14.2 Å². The molecule has 3 aliphatic carbocycles. The van der Waals surface area contributed by atoms with Crippen LogP contribution in [0, 0.1) is 28.6 Å². The van der Waals surface area contributed by atoms with Gasteiger partial charge in [0.25, 0.3) is 0 Å². The Bertz CT molecular complexity index is 1100. The minimum absolute atomic E-state index is 0.0847. The predicted molar refractivity (Wildman–Crippen MR) is 130 cm³/mol. The number of benzene rings is 1. The number of methoxy groups -OCH3 is 1. The molecule has 0 unspecified atom stereocenters. The number of ketones is 2. The fourth-order valence-electron chi connectivity index (χ4n) is 7.38. The van der Waals surface area contributed by atoms with Gasteiger partial charge in [0.15, 0.2) is 5.78 Å². The van der Waals surface area contributed by atoms with Gasteiger partial charge in [0, 0.05) is 35.9 Å². The van der Waals surface area contributed by atoms with E-state index in [1.165, 1.54) is 0 Å². The lowest BCUT2D eigenvalue weighted by Crippen LogP contribution is -2.61. The van der Waals surface area contributed by atoms with Gasteiger partial charge in [-0.15, -0.1) is 0 Å². The third-order valence-corrected chi connectivity index (χ3v) is 8.99. The largest absolute Gasteiger partial charge is 0.497 e. The van der Waals surface area contributed by atoms with Crippen LogP contribution in [0.4, 0.5) is 0 Å². The lowest BCUT2D eigenvalue weighted by atomic mass is 9.42. The van der Waals surface area contributed by atoms with Crippen LogP contribution in [0.3, 0.4) is 0 Å². The Balaban J connectivity index is 1.42. The molecule has 0 amide bonds. The normalized spacial score (nSPS) is 34.1. The number of carbonyl (C=O) groups is 3. The predicted octanol–water partition coefficient (Wildman–Crippen LogP) is 4.61. The zero-order valence-electron chi connectivity index (χ0n) is 20.8. The summed E-state index contributed by atoms with van der Waals surface area (Å²) in [6.45, 7) is 5.37. The maximum absolute atomic E-state index is 13.8. The summed E-state index contributed by atoms with van der Waals surface area (Å²) in [5, 5.41) is 0. The number of ether oxygens (including phenoxy) is 3. The van der Waals surface area contributed by atoms with E-state index >= 15 is 0 Å². The first-order chi connectivity index (χ1) is 16.8. The quantitative estimate of drug-likeness (QED) is 0.439. The van der Waals surface area contributed by atoms with Crippen molar-refractivity contribution in [1.82, 2.24) is 0 Å². The van der Waals surface area contributed by atoms with E-state index in [0.717, 1.165) is 23.3 Å². The summed E-state index contributed by atoms with van der Waals surface area (Å²) in [5.41, 5.74) is 1.78. The second-order valence-corrected chi connectivity index (χ2v) is 10.9. The van der Waals surface area contributed by atoms with Crippen LogP contribution in [0.1, 0.15) is 51.5 Å². The molecule has 0 aromatic heterocycles. The monoisotopic (exact) mass is 478 g/mol. The Hall–Kier alpha value is -2.73. The number of rotatable bonds is 6. The van der Waals surface area contributed by atoms with E-state index in [2.05, 4.69) is 6.92 Å². The van der Waals surface area contributed by atoms with E-state index in [9.17, 15) is 14.4 Å². The van der Waals surface area contributed by atoms with Crippen molar-refractivity contribution in [3.8, 4) is 5.75 Å². The van der Waals surface area contributed by atoms with Gasteiger partial charge in [0.1, 0.15) is 11.5 Å². The third kappa shape index (κ3) is 3.96. The number of hydrogen-bond acceptors (Lipinski definition) is 6. The van der Waals surface area contributed by atoms with Crippen LogP contribution in [-0.2, 0) is 30.5 Å². The molecule has 186 valence electrons.